The topological polar surface area (TPSA) is 44.8 Å². The van der Waals surface area contributed by atoms with Gasteiger partial charge < -0.3 is 13.8 Å². The van der Waals surface area contributed by atoms with Gasteiger partial charge in [0, 0.05) is 5.82 Å². The molecule has 0 saturated carbocycles. The van der Waals surface area contributed by atoms with E-state index in [0.29, 0.717) is 19.8 Å². The number of hydrogen-bond acceptors (Lipinski definition) is 4. The first-order chi connectivity index (χ1) is 9.13. The summed E-state index contributed by atoms with van der Waals surface area (Å²) < 4.78 is 27.9. The summed E-state index contributed by atoms with van der Waals surface area (Å²) in [5, 5.41) is 0. The van der Waals surface area contributed by atoms with E-state index in [0.717, 1.165) is 11.3 Å². The third kappa shape index (κ3) is 5.60. The molecule has 0 aliphatic rings. The Labute approximate surface area is 114 Å². The zero-order valence-corrected chi connectivity index (χ0v) is 12.6. The van der Waals surface area contributed by atoms with Crippen molar-refractivity contribution in [3.05, 3.63) is 35.6 Å². The van der Waals surface area contributed by atoms with Crippen molar-refractivity contribution < 1.29 is 18.3 Å². The Hall–Kier alpha value is -1.09. The largest absolute Gasteiger partial charge is 0.494 e. The maximum absolute atomic E-state index is 12.2. The molecule has 0 unspecified atom stereocenters. The quantitative estimate of drug-likeness (QED) is 0.667. The molecular formula is C14H21O4P. The molecule has 1 rings (SSSR count). The van der Waals surface area contributed by atoms with Gasteiger partial charge in [0.15, 0.2) is 0 Å². The van der Waals surface area contributed by atoms with Crippen molar-refractivity contribution in [1.29, 1.82) is 0 Å². The summed E-state index contributed by atoms with van der Waals surface area (Å²) in [5.74, 6) is 2.31. The Balaban J connectivity index is 2.75. The van der Waals surface area contributed by atoms with Crippen LogP contribution in [0.25, 0.3) is 6.08 Å². The summed E-state index contributed by atoms with van der Waals surface area (Å²) in [5.41, 5.74) is 0.920. The highest BCUT2D eigenvalue weighted by molar-refractivity contribution is 7.57. The van der Waals surface area contributed by atoms with Gasteiger partial charge in [0.2, 0.25) is 0 Å². The first kappa shape index (κ1) is 16.0. The molecule has 0 amide bonds. The van der Waals surface area contributed by atoms with Crippen molar-refractivity contribution in [2.45, 2.75) is 20.8 Å². The molecule has 0 fully saturated rings. The minimum Gasteiger partial charge on any atom is -0.494 e. The Kier molecular flexibility index (Phi) is 6.85. The minimum absolute atomic E-state index is 0.352. The normalized spacial score (nSPS) is 11.9. The summed E-state index contributed by atoms with van der Waals surface area (Å²) in [4.78, 5) is 0. The van der Waals surface area contributed by atoms with Crippen LogP contribution in [0.4, 0.5) is 0 Å². The number of ether oxygens (including phenoxy) is 1. The maximum atomic E-state index is 12.2. The van der Waals surface area contributed by atoms with E-state index in [4.69, 9.17) is 13.8 Å². The summed E-state index contributed by atoms with van der Waals surface area (Å²) >= 11 is 0. The number of hydrogen-bond donors (Lipinski definition) is 0. The van der Waals surface area contributed by atoms with Crippen LogP contribution in [0.2, 0.25) is 0 Å². The summed E-state index contributed by atoms with van der Waals surface area (Å²) in [6, 6.07) is 7.53. The smallest absolute Gasteiger partial charge is 0.354 e. The third-order valence-electron chi connectivity index (χ3n) is 2.26. The van der Waals surface area contributed by atoms with Gasteiger partial charge in [0.1, 0.15) is 5.75 Å². The lowest BCUT2D eigenvalue weighted by atomic mass is 10.2. The first-order valence-electron chi connectivity index (χ1n) is 6.44. The molecule has 0 aliphatic heterocycles. The lowest BCUT2D eigenvalue weighted by Crippen LogP contribution is -1.92. The van der Waals surface area contributed by atoms with Crippen molar-refractivity contribution in [3.8, 4) is 5.75 Å². The van der Waals surface area contributed by atoms with Gasteiger partial charge in [-0.2, -0.15) is 0 Å². The molecule has 106 valence electrons. The van der Waals surface area contributed by atoms with Crippen molar-refractivity contribution in [2.24, 2.45) is 0 Å². The molecule has 1 aromatic carbocycles. The van der Waals surface area contributed by atoms with Crippen LogP contribution in [-0.4, -0.2) is 19.8 Å². The van der Waals surface area contributed by atoms with Gasteiger partial charge in [-0.1, -0.05) is 12.1 Å². The molecule has 0 bridgehead atoms. The second-order valence-electron chi connectivity index (χ2n) is 3.69. The SMILES string of the molecule is CCOc1ccc(/C=C/P(=O)(OCC)OCC)cc1. The maximum Gasteiger partial charge on any atom is 0.354 e. The zero-order valence-electron chi connectivity index (χ0n) is 11.7. The third-order valence-corrected chi connectivity index (χ3v) is 4.01. The molecule has 0 spiro atoms. The molecular weight excluding hydrogens is 263 g/mol. The highest BCUT2D eigenvalue weighted by atomic mass is 31.2. The van der Waals surface area contributed by atoms with Crippen LogP contribution < -0.4 is 4.74 Å². The molecule has 0 aliphatic carbocycles. The van der Waals surface area contributed by atoms with Crippen molar-refractivity contribution in [1.82, 2.24) is 0 Å². The van der Waals surface area contributed by atoms with E-state index in [2.05, 4.69) is 0 Å². The molecule has 4 nitrogen and oxygen atoms in total. The van der Waals surface area contributed by atoms with Gasteiger partial charge in [-0.05, 0) is 44.5 Å². The van der Waals surface area contributed by atoms with Crippen LogP contribution in [0.5, 0.6) is 5.75 Å². The Morgan fingerprint density at radius 1 is 1.00 bits per heavy atom. The molecule has 0 atom stereocenters. The lowest BCUT2D eigenvalue weighted by molar-refractivity contribution is 0.229. The fourth-order valence-electron chi connectivity index (χ4n) is 1.50. The molecule has 0 radical (unpaired) electrons. The van der Waals surface area contributed by atoms with E-state index < -0.39 is 7.60 Å². The predicted octanol–water partition coefficient (Wildman–Crippen LogP) is 4.32. The van der Waals surface area contributed by atoms with E-state index in [9.17, 15) is 4.57 Å². The predicted molar refractivity (Wildman–Crippen MR) is 77.5 cm³/mol. The number of benzene rings is 1. The Morgan fingerprint density at radius 3 is 2.05 bits per heavy atom. The van der Waals surface area contributed by atoms with E-state index in [1.807, 2.05) is 31.2 Å². The van der Waals surface area contributed by atoms with Crippen LogP contribution in [-0.2, 0) is 13.6 Å². The summed E-state index contributed by atoms with van der Waals surface area (Å²) in [6.07, 6.45) is 1.74. The van der Waals surface area contributed by atoms with Gasteiger partial charge in [-0.3, -0.25) is 4.57 Å². The summed E-state index contributed by atoms with van der Waals surface area (Å²) in [6.45, 7) is 6.86. The molecule has 19 heavy (non-hydrogen) atoms. The van der Waals surface area contributed by atoms with E-state index in [-0.39, 0.29) is 0 Å². The van der Waals surface area contributed by atoms with Crippen molar-refractivity contribution in [3.63, 3.8) is 0 Å². The highest BCUT2D eigenvalue weighted by Crippen LogP contribution is 2.50. The average molecular weight is 284 g/mol. The van der Waals surface area contributed by atoms with Crippen LogP contribution >= 0.6 is 7.60 Å². The Bertz CT molecular complexity index is 429. The minimum atomic E-state index is -3.12. The second kappa shape index (κ2) is 8.16. The first-order valence-corrected chi connectivity index (χ1v) is 8.05. The van der Waals surface area contributed by atoms with Crippen LogP contribution in [0.3, 0.4) is 0 Å². The van der Waals surface area contributed by atoms with E-state index >= 15 is 0 Å². The molecule has 0 N–H and O–H groups in total. The van der Waals surface area contributed by atoms with Gasteiger partial charge in [-0.25, -0.2) is 0 Å². The van der Waals surface area contributed by atoms with Crippen LogP contribution in [0, 0.1) is 0 Å². The van der Waals surface area contributed by atoms with Gasteiger partial charge in [-0.15, -0.1) is 0 Å². The highest BCUT2D eigenvalue weighted by Gasteiger charge is 2.18. The van der Waals surface area contributed by atoms with Crippen molar-refractivity contribution >= 4 is 13.7 Å². The molecule has 5 heteroatoms. The van der Waals surface area contributed by atoms with Gasteiger partial charge in [0.05, 0.1) is 19.8 Å². The number of rotatable bonds is 8. The fraction of sp³-hybridized carbons (Fsp3) is 0.429. The second-order valence-corrected chi connectivity index (χ2v) is 5.59. The van der Waals surface area contributed by atoms with Crippen LogP contribution in [0.1, 0.15) is 26.3 Å². The molecule has 0 aromatic heterocycles. The lowest BCUT2D eigenvalue weighted by Gasteiger charge is -2.12. The van der Waals surface area contributed by atoms with Gasteiger partial charge in [0.25, 0.3) is 0 Å². The standard InChI is InChI=1S/C14H21O4P/c1-4-16-14-9-7-13(8-10-14)11-12-19(15,17-5-2)18-6-3/h7-12H,4-6H2,1-3H3/b12-11+. The average Bonchev–Trinajstić information content (AvgIpc) is 2.39. The molecule has 0 heterocycles. The molecule has 0 saturated heterocycles. The van der Waals surface area contributed by atoms with Gasteiger partial charge >= 0.3 is 7.60 Å². The monoisotopic (exact) mass is 284 g/mol. The summed E-state index contributed by atoms with van der Waals surface area (Å²) in [7, 11) is -3.12. The Morgan fingerprint density at radius 2 is 1.58 bits per heavy atom. The zero-order chi connectivity index (χ0) is 14.1. The van der Waals surface area contributed by atoms with E-state index in [1.54, 1.807) is 19.9 Å². The van der Waals surface area contributed by atoms with E-state index in [1.165, 1.54) is 5.82 Å². The van der Waals surface area contributed by atoms with Crippen molar-refractivity contribution in [2.75, 3.05) is 19.8 Å². The van der Waals surface area contributed by atoms with Crippen LogP contribution in [0.15, 0.2) is 30.1 Å². The fourth-order valence-corrected chi connectivity index (χ4v) is 2.82. The molecule has 1 aromatic rings.